The van der Waals surface area contributed by atoms with Crippen LogP contribution in [0, 0.1) is 23.7 Å². The van der Waals surface area contributed by atoms with E-state index in [1.165, 1.54) is 0 Å². The molecule has 0 N–H and O–H groups in total. The number of hydrogen-bond acceptors (Lipinski definition) is 4. The second-order valence-corrected chi connectivity index (χ2v) is 7.78. The summed E-state index contributed by atoms with van der Waals surface area (Å²) in [6.07, 6.45) is 7.09. The third-order valence-corrected chi connectivity index (χ3v) is 5.65. The molecule has 0 aliphatic rings. The van der Waals surface area contributed by atoms with Crippen LogP contribution >= 0.6 is 0 Å². The molecule has 35 heavy (non-hydrogen) atoms. The fraction of sp³-hybridized carbons (Fsp3) is 0.0323. The van der Waals surface area contributed by atoms with Gasteiger partial charge in [0.05, 0.1) is 0 Å². The minimum Gasteiger partial charge on any atom is -0.480 e. The highest BCUT2D eigenvalue weighted by Crippen LogP contribution is 2.42. The molecule has 0 bridgehead atoms. The molecule has 4 nitrogen and oxygen atoms in total. The number of ether oxygens (including phenoxy) is 1. The Morgan fingerprint density at radius 3 is 2.26 bits per heavy atom. The molecule has 0 saturated carbocycles. The standard InChI is InChI=1S/C31H20N2O2/c1-2-19-34-28-18-17-22-11-9-10-16-25(22)27(28)21-33-31-26(20-32)29(23-12-5-3-6-13-23)30(35-31)24-14-7-4-8-15-24/h1,3-18,21H,19H2. The van der Waals surface area contributed by atoms with Crippen molar-refractivity contribution in [2.75, 3.05) is 6.61 Å². The number of hydrogen-bond donors (Lipinski definition) is 0. The number of nitriles is 1. The van der Waals surface area contributed by atoms with Crippen molar-refractivity contribution in [3.05, 3.63) is 108 Å². The third kappa shape index (κ3) is 4.29. The minimum atomic E-state index is 0.139. The van der Waals surface area contributed by atoms with Gasteiger partial charge >= 0.3 is 0 Å². The second kappa shape index (κ2) is 9.83. The lowest BCUT2D eigenvalue weighted by Gasteiger charge is -2.09. The van der Waals surface area contributed by atoms with Gasteiger partial charge < -0.3 is 9.15 Å². The lowest BCUT2D eigenvalue weighted by Crippen LogP contribution is -1.98. The summed E-state index contributed by atoms with van der Waals surface area (Å²) >= 11 is 0. The third-order valence-electron chi connectivity index (χ3n) is 5.65. The molecule has 0 amide bonds. The molecule has 0 atom stereocenters. The van der Waals surface area contributed by atoms with Crippen molar-refractivity contribution < 1.29 is 9.15 Å². The SMILES string of the molecule is C#CCOc1ccc2ccccc2c1C=Nc1oc(-c2ccccc2)c(-c2ccccc2)c1C#N. The normalized spacial score (nSPS) is 10.8. The molecule has 1 aromatic heterocycles. The van der Waals surface area contributed by atoms with Crippen LogP contribution in [0.5, 0.6) is 5.75 Å². The maximum atomic E-state index is 10.1. The summed E-state index contributed by atoms with van der Waals surface area (Å²) in [5, 5.41) is 12.1. The minimum absolute atomic E-state index is 0.139. The van der Waals surface area contributed by atoms with Crippen LogP contribution in [-0.2, 0) is 0 Å². The number of fused-ring (bicyclic) bond motifs is 1. The van der Waals surface area contributed by atoms with Crippen molar-refractivity contribution in [2.24, 2.45) is 4.99 Å². The Morgan fingerprint density at radius 2 is 1.54 bits per heavy atom. The van der Waals surface area contributed by atoms with Gasteiger partial charge in [0, 0.05) is 22.9 Å². The van der Waals surface area contributed by atoms with Crippen LogP contribution in [0.15, 0.2) is 106 Å². The summed E-state index contributed by atoms with van der Waals surface area (Å²) in [5.41, 5.74) is 3.61. The van der Waals surface area contributed by atoms with Gasteiger partial charge in [0.15, 0.2) is 0 Å². The van der Waals surface area contributed by atoms with Gasteiger partial charge in [-0.1, -0.05) is 96.9 Å². The molecular weight excluding hydrogens is 432 g/mol. The first-order valence-corrected chi connectivity index (χ1v) is 11.1. The maximum absolute atomic E-state index is 10.1. The first kappa shape index (κ1) is 21.8. The number of furan rings is 1. The van der Waals surface area contributed by atoms with E-state index in [9.17, 15) is 5.26 Å². The Kier molecular flexibility index (Phi) is 6.11. The number of rotatable bonds is 6. The summed E-state index contributed by atoms with van der Waals surface area (Å²) in [6, 6.07) is 33.6. The number of benzene rings is 4. The van der Waals surface area contributed by atoms with Crippen LogP contribution in [0.2, 0.25) is 0 Å². The molecule has 5 aromatic rings. The Balaban J connectivity index is 1.69. The number of terminal acetylenes is 1. The predicted molar refractivity (Wildman–Crippen MR) is 140 cm³/mol. The average Bonchev–Trinajstić information content (AvgIpc) is 3.30. The fourth-order valence-electron chi connectivity index (χ4n) is 4.06. The van der Waals surface area contributed by atoms with Gasteiger partial charge in [0.25, 0.3) is 0 Å². The number of aliphatic imine (C=N–C) groups is 1. The van der Waals surface area contributed by atoms with E-state index in [0.717, 1.165) is 27.5 Å². The molecule has 4 aromatic carbocycles. The molecule has 0 spiro atoms. The molecule has 0 aliphatic heterocycles. The molecule has 0 saturated heterocycles. The van der Waals surface area contributed by atoms with E-state index in [-0.39, 0.29) is 12.5 Å². The maximum Gasteiger partial charge on any atom is 0.238 e. The first-order valence-electron chi connectivity index (χ1n) is 11.1. The van der Waals surface area contributed by atoms with Crippen molar-refractivity contribution >= 4 is 22.9 Å². The zero-order valence-corrected chi connectivity index (χ0v) is 18.8. The topological polar surface area (TPSA) is 58.5 Å². The largest absolute Gasteiger partial charge is 0.480 e. The van der Waals surface area contributed by atoms with Gasteiger partial charge in [-0.05, 0) is 22.4 Å². The quantitative estimate of drug-likeness (QED) is 0.199. The zero-order valence-electron chi connectivity index (χ0n) is 18.8. The van der Waals surface area contributed by atoms with E-state index in [1.54, 1.807) is 6.21 Å². The van der Waals surface area contributed by atoms with Crippen LogP contribution in [0.4, 0.5) is 5.88 Å². The van der Waals surface area contributed by atoms with Crippen molar-refractivity contribution in [1.82, 2.24) is 0 Å². The molecule has 0 radical (unpaired) electrons. The van der Waals surface area contributed by atoms with E-state index in [2.05, 4.69) is 17.0 Å². The van der Waals surface area contributed by atoms with E-state index in [1.807, 2.05) is 97.1 Å². The molecule has 4 heteroatoms. The molecule has 5 rings (SSSR count). The average molecular weight is 453 g/mol. The summed E-state index contributed by atoms with van der Waals surface area (Å²) in [4.78, 5) is 4.65. The second-order valence-electron chi connectivity index (χ2n) is 7.78. The van der Waals surface area contributed by atoms with Gasteiger partial charge in [0.2, 0.25) is 5.88 Å². The molecular formula is C31H20N2O2. The molecule has 166 valence electrons. The smallest absolute Gasteiger partial charge is 0.238 e. The van der Waals surface area contributed by atoms with Gasteiger partial charge in [-0.2, -0.15) is 5.26 Å². The summed E-state index contributed by atoms with van der Waals surface area (Å²) < 4.78 is 12.0. The monoisotopic (exact) mass is 452 g/mol. The highest BCUT2D eigenvalue weighted by Gasteiger charge is 2.22. The summed E-state index contributed by atoms with van der Waals surface area (Å²) in [5.74, 6) is 3.95. The van der Waals surface area contributed by atoms with Crippen LogP contribution < -0.4 is 4.74 Å². The van der Waals surface area contributed by atoms with Crippen molar-refractivity contribution in [3.8, 4) is 46.6 Å². The molecule has 1 heterocycles. The Bertz CT molecular complexity index is 1600. The van der Waals surface area contributed by atoms with E-state index < -0.39 is 0 Å². The van der Waals surface area contributed by atoms with E-state index in [0.29, 0.717) is 22.6 Å². The Labute approximate surface area is 203 Å². The molecule has 0 fully saturated rings. The van der Waals surface area contributed by atoms with Gasteiger partial charge in [0.1, 0.15) is 29.7 Å². The van der Waals surface area contributed by atoms with E-state index in [4.69, 9.17) is 15.6 Å². The Hall–Kier alpha value is -5.06. The summed E-state index contributed by atoms with van der Waals surface area (Å²) in [6.45, 7) is 0.139. The number of nitrogens with zero attached hydrogens (tertiary/aromatic N) is 2. The van der Waals surface area contributed by atoms with Crippen LogP contribution in [0.3, 0.4) is 0 Å². The first-order chi connectivity index (χ1) is 17.3. The van der Waals surface area contributed by atoms with Gasteiger partial charge in [-0.3, -0.25) is 0 Å². The van der Waals surface area contributed by atoms with Crippen molar-refractivity contribution in [3.63, 3.8) is 0 Å². The van der Waals surface area contributed by atoms with Crippen LogP contribution in [-0.4, -0.2) is 12.8 Å². The van der Waals surface area contributed by atoms with E-state index >= 15 is 0 Å². The predicted octanol–water partition coefficient (Wildman–Crippen LogP) is 7.40. The Morgan fingerprint density at radius 1 is 0.857 bits per heavy atom. The summed E-state index contributed by atoms with van der Waals surface area (Å²) in [7, 11) is 0. The molecule has 0 aliphatic carbocycles. The zero-order chi connectivity index (χ0) is 24.0. The highest BCUT2D eigenvalue weighted by molar-refractivity contribution is 6.03. The highest BCUT2D eigenvalue weighted by atomic mass is 16.5. The van der Waals surface area contributed by atoms with Crippen LogP contribution in [0.1, 0.15) is 11.1 Å². The van der Waals surface area contributed by atoms with Gasteiger partial charge in [-0.25, -0.2) is 4.99 Å². The lowest BCUT2D eigenvalue weighted by atomic mass is 9.98. The lowest BCUT2D eigenvalue weighted by molar-refractivity contribution is 0.370. The van der Waals surface area contributed by atoms with Gasteiger partial charge in [-0.15, -0.1) is 6.42 Å². The fourth-order valence-corrected chi connectivity index (χ4v) is 4.06. The van der Waals surface area contributed by atoms with Crippen molar-refractivity contribution in [1.29, 1.82) is 5.26 Å². The van der Waals surface area contributed by atoms with Crippen LogP contribution in [0.25, 0.3) is 33.2 Å². The molecule has 0 unspecified atom stereocenters. The van der Waals surface area contributed by atoms with Crippen molar-refractivity contribution in [2.45, 2.75) is 0 Å².